The van der Waals surface area contributed by atoms with Crippen molar-refractivity contribution in [2.24, 2.45) is 0 Å². The van der Waals surface area contributed by atoms with Gasteiger partial charge >= 0.3 is 6.18 Å². The van der Waals surface area contributed by atoms with Crippen LogP contribution in [-0.4, -0.2) is 164 Å². The summed E-state index contributed by atoms with van der Waals surface area (Å²) in [6, 6.07) is 6.86. The number of aromatic amines is 5. The number of fused-ring (bicyclic) bond motifs is 5. The summed E-state index contributed by atoms with van der Waals surface area (Å²) in [5.41, 5.74) is 12.6. The zero-order valence-electron chi connectivity index (χ0n) is 53.2. The van der Waals surface area contributed by atoms with Gasteiger partial charge in [-0.1, -0.05) is 4.49 Å². The molecule has 0 radical (unpaired) electrons. The van der Waals surface area contributed by atoms with Gasteiger partial charge in [-0.25, -0.2) is 38.1 Å². The van der Waals surface area contributed by atoms with Gasteiger partial charge in [-0.2, -0.15) is 68.0 Å². The van der Waals surface area contributed by atoms with E-state index in [9.17, 15) is 26.3 Å². The average molecular weight is 1620 g/mol. The van der Waals surface area contributed by atoms with Crippen molar-refractivity contribution in [3.8, 4) is 18.0 Å². The Balaban J connectivity index is 0.000000124. The van der Waals surface area contributed by atoms with E-state index in [4.69, 9.17) is 77.0 Å². The fourth-order valence-corrected chi connectivity index (χ4v) is 11.7. The van der Waals surface area contributed by atoms with Crippen molar-refractivity contribution >= 4 is 188 Å². The number of nitrogens with one attached hydrogen (secondary N) is 10. The second-order valence-electron chi connectivity index (χ2n) is 21.3. The van der Waals surface area contributed by atoms with Gasteiger partial charge in [-0.15, -0.1) is 39.1 Å². The first-order valence-corrected chi connectivity index (χ1v) is 35.6. The Hall–Kier alpha value is -10.1. The van der Waals surface area contributed by atoms with Crippen molar-refractivity contribution in [1.29, 1.82) is 0 Å². The summed E-state index contributed by atoms with van der Waals surface area (Å²) in [6.45, 7) is 2.69. The van der Waals surface area contributed by atoms with E-state index in [1.165, 1.54) is 51.6 Å². The van der Waals surface area contributed by atoms with Crippen LogP contribution in [0.3, 0.4) is 0 Å². The molecule has 0 amide bonds. The number of ether oxygens (including phenoxy) is 4. The summed E-state index contributed by atoms with van der Waals surface area (Å²) >= 11 is 35.1. The first-order chi connectivity index (χ1) is 50.6. The molecule has 0 aromatic carbocycles. The Labute approximate surface area is 625 Å². The molecule has 33 nitrogen and oxygen atoms in total. The summed E-state index contributed by atoms with van der Waals surface area (Å²) in [7, 11) is 0. The molecule has 16 heterocycles. The highest BCUT2D eigenvalue weighted by Gasteiger charge is 2.28. The zero-order valence-corrected chi connectivity index (χ0v) is 60.2. The minimum Gasteiger partial charge on any atom is -0.464 e. The van der Waals surface area contributed by atoms with Gasteiger partial charge in [0.2, 0.25) is 26.4 Å². The minimum atomic E-state index is -4.30. The molecule has 0 unspecified atom stereocenters. The van der Waals surface area contributed by atoms with Gasteiger partial charge in [-0.05, 0) is 93.8 Å². The molecule has 0 atom stereocenters. The van der Waals surface area contributed by atoms with Crippen LogP contribution < -0.4 is 40.8 Å². The number of alkyl halides is 5. The fraction of sp³-hybridized carbons (Fsp3) is 0.246. The molecule has 546 valence electrons. The van der Waals surface area contributed by atoms with E-state index in [2.05, 4.69) is 146 Å². The summed E-state index contributed by atoms with van der Waals surface area (Å²) in [4.78, 5) is 83.8. The maximum Gasteiger partial charge on any atom is 0.392 e. The smallest absolute Gasteiger partial charge is 0.392 e. The number of nitrogens with zero attached hydrogens (tertiary/aromatic N) is 19. The van der Waals surface area contributed by atoms with Crippen molar-refractivity contribution in [3.63, 3.8) is 0 Å². The second kappa shape index (κ2) is 34.7. The lowest BCUT2D eigenvalue weighted by Gasteiger charge is -2.25. The molecule has 1 saturated heterocycles. The first-order valence-electron chi connectivity index (χ1n) is 30.1. The molecule has 1 aliphatic heterocycles. The maximum atomic E-state index is 13.5. The predicted molar refractivity (Wildman–Crippen MR) is 382 cm³/mol. The van der Waals surface area contributed by atoms with Gasteiger partial charge in [0.05, 0.1) is 108 Å². The van der Waals surface area contributed by atoms with Crippen molar-refractivity contribution in [1.82, 2.24) is 119 Å². The quantitative estimate of drug-likeness (QED) is 0.0210. The number of imidazole rings is 3. The molecule has 15 aromatic heterocycles. The van der Waals surface area contributed by atoms with Crippen LogP contribution in [0, 0.1) is 5.82 Å². The van der Waals surface area contributed by atoms with E-state index in [1.54, 1.807) is 41.2 Å². The molecule has 0 saturated carbocycles. The molecule has 0 bridgehead atoms. The highest BCUT2D eigenvalue weighted by molar-refractivity contribution is 7.08. The van der Waals surface area contributed by atoms with Crippen LogP contribution in [0.1, 0.15) is 41.8 Å². The van der Waals surface area contributed by atoms with Gasteiger partial charge in [-0.3, -0.25) is 4.98 Å². The number of rotatable bonds is 23. The van der Waals surface area contributed by atoms with E-state index in [1.807, 2.05) is 33.7 Å². The minimum absolute atomic E-state index is 0.0165. The third kappa shape index (κ3) is 21.3. The van der Waals surface area contributed by atoms with Crippen LogP contribution in [0.25, 0.3) is 55.6 Å². The van der Waals surface area contributed by atoms with Gasteiger partial charge < -0.3 is 70.5 Å². The molecular formula is C57H48Cl5F6N29O4S4. The molecule has 0 aliphatic carbocycles. The second-order valence-corrected chi connectivity index (χ2v) is 25.7. The molecule has 0 spiro atoms. The molecule has 105 heavy (non-hydrogen) atoms. The van der Waals surface area contributed by atoms with Gasteiger partial charge in [0.1, 0.15) is 58.0 Å². The topological polar surface area (TPSA) is 421 Å². The molecule has 15 aromatic rings. The SMILES string of the molecule is CC(F)(F)COc1nc2nc(Cl)nc(NCc3cscn3)c2[nH]1.Clc1nc(NCc2cscn2)c2[nH]c(OC3COC3)nc2n1.Clc1nc(NCc2csnn2)c2cc[nH]c2n1.FC(F)(F)CCOc1nc2nc(Cl)nc(NCc3cscn3)c2[nH]1.Fc1cccnc1CNc1nc(Cl)nc2[nH]ccc12. The fourth-order valence-electron chi connectivity index (χ4n) is 8.77. The van der Waals surface area contributed by atoms with Gasteiger partial charge in [0.25, 0.3) is 24.0 Å². The molecular weight excluding hydrogens is 1570 g/mol. The number of anilines is 5. The van der Waals surface area contributed by atoms with Crippen LogP contribution in [0.2, 0.25) is 26.4 Å². The Bertz CT molecular complexity index is 5290. The Morgan fingerprint density at radius 1 is 0.524 bits per heavy atom. The number of aromatic nitrogens is 24. The van der Waals surface area contributed by atoms with E-state index in [-0.39, 0.29) is 68.2 Å². The summed E-state index contributed by atoms with van der Waals surface area (Å²) < 4.78 is 100. The molecule has 1 fully saturated rings. The van der Waals surface area contributed by atoms with Crippen LogP contribution >= 0.6 is 104 Å². The van der Waals surface area contributed by atoms with Crippen molar-refractivity contribution in [2.75, 3.05) is 53.0 Å². The lowest BCUT2D eigenvalue weighted by Crippen LogP contribution is -2.38. The summed E-state index contributed by atoms with van der Waals surface area (Å²) in [5, 5.41) is 29.1. The number of H-pyrrole nitrogens is 5. The Morgan fingerprint density at radius 3 is 1.41 bits per heavy atom. The van der Waals surface area contributed by atoms with E-state index >= 15 is 0 Å². The lowest BCUT2D eigenvalue weighted by atomic mass is 10.3. The van der Waals surface area contributed by atoms with Crippen molar-refractivity contribution < 1.29 is 45.3 Å². The van der Waals surface area contributed by atoms with Crippen LogP contribution in [0.4, 0.5) is 55.4 Å². The van der Waals surface area contributed by atoms with Crippen LogP contribution in [0.5, 0.6) is 18.0 Å². The molecule has 10 N–H and O–H groups in total. The third-order valence-corrected chi connectivity index (χ3v) is 16.8. The largest absolute Gasteiger partial charge is 0.464 e. The Kier molecular flexibility index (Phi) is 24.6. The number of thiazole rings is 3. The van der Waals surface area contributed by atoms with Crippen molar-refractivity contribution in [2.45, 2.75) is 64.3 Å². The maximum absolute atomic E-state index is 13.5. The lowest BCUT2D eigenvalue weighted by molar-refractivity contribution is -0.139. The number of hydrogen-bond donors (Lipinski definition) is 10. The molecule has 1 aliphatic rings. The zero-order chi connectivity index (χ0) is 73.5. The van der Waals surface area contributed by atoms with Gasteiger partial charge in [0.15, 0.2) is 41.0 Å². The van der Waals surface area contributed by atoms with Crippen molar-refractivity contribution in [3.05, 3.63) is 142 Å². The van der Waals surface area contributed by atoms with E-state index < -0.39 is 31.7 Å². The summed E-state index contributed by atoms with van der Waals surface area (Å²) in [6.07, 6.45) is -0.275. The number of halogens is 11. The molecule has 16 rings (SSSR count). The molecule has 48 heteroatoms. The third-order valence-electron chi connectivity index (χ3n) is 13.5. The van der Waals surface area contributed by atoms with E-state index in [0.29, 0.717) is 114 Å². The van der Waals surface area contributed by atoms with Crippen LogP contribution in [0.15, 0.2) is 80.9 Å². The van der Waals surface area contributed by atoms with Gasteiger partial charge in [0, 0.05) is 47.0 Å². The summed E-state index contributed by atoms with van der Waals surface area (Å²) in [5.74, 6) is -0.783. The Morgan fingerprint density at radius 2 is 0.971 bits per heavy atom. The normalized spacial score (nSPS) is 12.2. The number of pyridine rings is 1. The van der Waals surface area contributed by atoms with Crippen LogP contribution in [-0.2, 0) is 37.5 Å². The average Bonchev–Trinajstić information content (AvgIpc) is 1.68. The standard InChI is InChI=1S/C12H10ClF3N6OS.C12H11ClF2N6OS.C12H9ClFN5.C12H11ClN6O2S.C9H7ClN6S/c13-10-20-8(17-3-6-4-24-5-18-6)7-9(21-10)22-11(19-7)23-2-1-12(14,15)16;1-12(14,15)4-22-11-18-7-8(16-2-6-3-23-5-17-6)19-10(13)20-9(7)21-11;13-12-18-10-7(3-5-16-10)11(19-12)17-6-9-8(14)2-1-4-15-9;13-11-17-9(14-1-6-4-22-5-15-6)8-10(18-11)19-12(16-8)21-7-2-20-3-7;10-9-13-7-6(1-2-11-7)8(14-9)12-3-5-4-17-16-15-5/h4-5H,1-3H2,(H2,17,19,20,21,22);3,5H,2,4H2,1H3,(H2,16,18,19,20,21);1-5H,6H2,(H2,16,17,18,19);4-5,7H,1-3H2,(H2,14,16,17,18,19);1-2,4H,3H2,(H2,11,12,13,14). The highest BCUT2D eigenvalue weighted by Crippen LogP contribution is 2.30. The predicted octanol–water partition coefficient (Wildman–Crippen LogP) is 13.2. The van der Waals surface area contributed by atoms with E-state index in [0.717, 1.165) is 40.5 Å². The highest BCUT2D eigenvalue weighted by atomic mass is 35.5. The monoisotopic (exact) mass is 1620 g/mol. The first kappa shape index (κ1) is 74.6. The number of hydrogen-bond acceptors (Lipinski definition) is 32.